The maximum Gasteiger partial charge on any atom is 0.356 e. The van der Waals surface area contributed by atoms with Crippen molar-refractivity contribution in [3.05, 3.63) is 46.2 Å². The van der Waals surface area contributed by atoms with Gasteiger partial charge in [-0.2, -0.15) is 5.10 Å². The number of benzene rings is 1. The van der Waals surface area contributed by atoms with Gasteiger partial charge in [0.05, 0.1) is 11.4 Å². The van der Waals surface area contributed by atoms with Crippen LogP contribution in [0.15, 0.2) is 24.3 Å². The molecule has 0 aliphatic carbocycles. The second-order valence-corrected chi connectivity index (χ2v) is 6.02. The largest absolute Gasteiger partial charge is 0.476 e. The summed E-state index contributed by atoms with van der Waals surface area (Å²) in [5, 5.41) is 17.9. The highest BCUT2D eigenvalue weighted by Crippen LogP contribution is 2.26. The zero-order valence-corrected chi connectivity index (χ0v) is 14.0. The van der Waals surface area contributed by atoms with Gasteiger partial charge in [0, 0.05) is 37.1 Å². The number of carbonyl (C=O) groups is 1. The Bertz CT molecular complexity index is 773. The number of aromatic carboxylic acids is 1. The number of rotatable bonds is 2. The van der Waals surface area contributed by atoms with Gasteiger partial charge in [-0.3, -0.25) is 0 Å². The molecule has 1 aliphatic rings. The lowest BCUT2D eigenvalue weighted by atomic mass is 10.1. The van der Waals surface area contributed by atoms with Crippen molar-refractivity contribution in [2.24, 2.45) is 0 Å². The van der Waals surface area contributed by atoms with Crippen LogP contribution in [0.5, 0.6) is 0 Å². The van der Waals surface area contributed by atoms with Gasteiger partial charge in [-0.25, -0.2) is 9.48 Å². The van der Waals surface area contributed by atoms with Gasteiger partial charge in [-0.15, -0.1) is 0 Å². The standard InChI is InChI=1S/C15H15ClN4O2S/c1-17-15(23)19-7-6-12-11(8-19)13(14(21)22)18-20(12)10-4-2-9(16)3-5-10/h2-5H,6-8H2,1H3,(H,17,23)(H,21,22). The van der Waals surface area contributed by atoms with Crippen LogP contribution in [0.3, 0.4) is 0 Å². The number of hydrogen-bond donors (Lipinski definition) is 2. The van der Waals surface area contributed by atoms with E-state index in [2.05, 4.69) is 10.4 Å². The smallest absolute Gasteiger partial charge is 0.356 e. The van der Waals surface area contributed by atoms with Gasteiger partial charge < -0.3 is 15.3 Å². The van der Waals surface area contributed by atoms with Crippen molar-refractivity contribution < 1.29 is 9.90 Å². The van der Waals surface area contributed by atoms with Gasteiger partial charge in [0.2, 0.25) is 0 Å². The Morgan fingerprint density at radius 1 is 1.39 bits per heavy atom. The molecule has 2 aromatic rings. The number of hydrogen-bond acceptors (Lipinski definition) is 3. The van der Waals surface area contributed by atoms with E-state index in [0.29, 0.717) is 35.2 Å². The fraction of sp³-hybridized carbons (Fsp3) is 0.267. The van der Waals surface area contributed by atoms with Crippen molar-refractivity contribution in [2.45, 2.75) is 13.0 Å². The molecule has 1 aromatic heterocycles. The number of halogens is 1. The maximum absolute atomic E-state index is 11.6. The minimum Gasteiger partial charge on any atom is -0.476 e. The van der Waals surface area contributed by atoms with Crippen LogP contribution in [0.2, 0.25) is 5.02 Å². The number of fused-ring (bicyclic) bond motifs is 1. The van der Waals surface area contributed by atoms with Crippen molar-refractivity contribution in [3.8, 4) is 5.69 Å². The zero-order valence-electron chi connectivity index (χ0n) is 12.4. The topological polar surface area (TPSA) is 70.4 Å². The van der Waals surface area contributed by atoms with Crippen LogP contribution in [0.1, 0.15) is 21.7 Å². The average Bonchev–Trinajstić information content (AvgIpc) is 2.93. The van der Waals surface area contributed by atoms with Gasteiger partial charge in [0.25, 0.3) is 0 Å². The molecule has 0 fully saturated rings. The minimum absolute atomic E-state index is 0.0681. The van der Waals surface area contributed by atoms with Crippen LogP contribution in [-0.4, -0.2) is 44.5 Å². The number of thiocarbonyl (C=S) groups is 1. The van der Waals surface area contributed by atoms with Crippen LogP contribution in [0.4, 0.5) is 0 Å². The van der Waals surface area contributed by atoms with Gasteiger partial charge in [-0.1, -0.05) is 11.6 Å². The molecule has 2 heterocycles. The van der Waals surface area contributed by atoms with Gasteiger partial charge >= 0.3 is 5.97 Å². The van der Waals surface area contributed by atoms with E-state index >= 15 is 0 Å². The highest BCUT2D eigenvalue weighted by molar-refractivity contribution is 7.80. The fourth-order valence-electron chi connectivity index (χ4n) is 2.72. The van der Waals surface area contributed by atoms with Crippen molar-refractivity contribution in [1.82, 2.24) is 20.0 Å². The van der Waals surface area contributed by atoms with Crippen molar-refractivity contribution >= 4 is 34.9 Å². The molecule has 0 amide bonds. The second-order valence-electron chi connectivity index (χ2n) is 5.19. The summed E-state index contributed by atoms with van der Waals surface area (Å²) >= 11 is 11.2. The molecule has 0 saturated carbocycles. The molecule has 1 aromatic carbocycles. The van der Waals surface area contributed by atoms with Crippen molar-refractivity contribution in [2.75, 3.05) is 13.6 Å². The van der Waals surface area contributed by atoms with Gasteiger partial charge in [0.1, 0.15) is 0 Å². The summed E-state index contributed by atoms with van der Waals surface area (Å²) in [6.07, 6.45) is 0.667. The third-order valence-corrected chi connectivity index (χ3v) is 4.55. The molecule has 0 bridgehead atoms. The number of carboxylic acids is 1. The first-order valence-electron chi connectivity index (χ1n) is 7.08. The highest BCUT2D eigenvalue weighted by Gasteiger charge is 2.29. The summed E-state index contributed by atoms with van der Waals surface area (Å²) in [6, 6.07) is 7.17. The molecule has 8 heteroatoms. The van der Waals surface area contributed by atoms with E-state index in [1.165, 1.54) is 0 Å². The molecular weight excluding hydrogens is 336 g/mol. The van der Waals surface area contributed by atoms with Gasteiger partial charge in [0.15, 0.2) is 10.8 Å². The molecule has 120 valence electrons. The lowest BCUT2D eigenvalue weighted by Crippen LogP contribution is -2.41. The average molecular weight is 351 g/mol. The van der Waals surface area contributed by atoms with E-state index in [1.54, 1.807) is 23.9 Å². The van der Waals surface area contributed by atoms with E-state index in [0.717, 1.165) is 11.4 Å². The van der Waals surface area contributed by atoms with E-state index in [1.807, 2.05) is 17.0 Å². The molecule has 2 N–H and O–H groups in total. The Kier molecular flexibility index (Phi) is 4.23. The van der Waals surface area contributed by atoms with E-state index in [4.69, 9.17) is 23.8 Å². The monoisotopic (exact) mass is 350 g/mol. The van der Waals surface area contributed by atoms with Crippen LogP contribution >= 0.6 is 23.8 Å². The summed E-state index contributed by atoms with van der Waals surface area (Å²) in [6.45, 7) is 1.15. The zero-order chi connectivity index (χ0) is 16.6. The first-order valence-corrected chi connectivity index (χ1v) is 7.86. The predicted molar refractivity (Wildman–Crippen MR) is 91.3 cm³/mol. The third-order valence-electron chi connectivity index (χ3n) is 3.83. The third kappa shape index (κ3) is 2.89. The number of nitrogens with one attached hydrogen (secondary N) is 1. The summed E-state index contributed by atoms with van der Waals surface area (Å²) in [7, 11) is 1.76. The van der Waals surface area contributed by atoms with E-state index in [9.17, 15) is 9.90 Å². The number of aromatic nitrogens is 2. The fourth-order valence-corrected chi connectivity index (χ4v) is 3.00. The first-order chi connectivity index (χ1) is 11.0. The van der Waals surface area contributed by atoms with E-state index in [-0.39, 0.29) is 5.69 Å². The van der Waals surface area contributed by atoms with Gasteiger partial charge in [-0.05, 0) is 36.5 Å². The Labute approximate surface area is 143 Å². The molecule has 0 unspecified atom stereocenters. The summed E-state index contributed by atoms with van der Waals surface area (Å²) < 4.78 is 1.69. The lowest BCUT2D eigenvalue weighted by molar-refractivity contribution is 0.0688. The minimum atomic E-state index is -1.04. The van der Waals surface area contributed by atoms with E-state index < -0.39 is 5.97 Å². The molecule has 6 nitrogen and oxygen atoms in total. The summed E-state index contributed by atoms with van der Waals surface area (Å²) in [5.41, 5.74) is 2.47. The Morgan fingerprint density at radius 2 is 2.09 bits per heavy atom. The summed E-state index contributed by atoms with van der Waals surface area (Å²) in [5.74, 6) is -1.04. The second kappa shape index (κ2) is 6.17. The highest BCUT2D eigenvalue weighted by atomic mass is 35.5. The van der Waals surface area contributed by atoms with Crippen LogP contribution < -0.4 is 5.32 Å². The van der Waals surface area contributed by atoms with Crippen LogP contribution in [0, 0.1) is 0 Å². The van der Waals surface area contributed by atoms with Crippen molar-refractivity contribution in [1.29, 1.82) is 0 Å². The molecular formula is C15H15ClN4O2S. The molecule has 23 heavy (non-hydrogen) atoms. The van der Waals surface area contributed by atoms with Crippen molar-refractivity contribution in [3.63, 3.8) is 0 Å². The molecule has 0 radical (unpaired) electrons. The Hall–Kier alpha value is -2.12. The van der Waals surface area contributed by atoms with Crippen LogP contribution in [-0.2, 0) is 13.0 Å². The Morgan fingerprint density at radius 3 is 2.70 bits per heavy atom. The first kappa shape index (κ1) is 15.8. The maximum atomic E-state index is 11.6. The molecule has 0 saturated heterocycles. The SMILES string of the molecule is CNC(=S)N1CCc2c(c(C(=O)O)nn2-c2ccc(Cl)cc2)C1. The predicted octanol–water partition coefficient (Wildman–Crippen LogP) is 2.09. The summed E-state index contributed by atoms with van der Waals surface area (Å²) in [4.78, 5) is 13.5. The molecule has 0 atom stereocenters. The van der Waals surface area contributed by atoms with Crippen LogP contribution in [0.25, 0.3) is 5.69 Å². The molecule has 0 spiro atoms. The number of carboxylic acid groups (broad SMARTS) is 1. The lowest BCUT2D eigenvalue weighted by Gasteiger charge is -2.29. The quantitative estimate of drug-likeness (QED) is 0.808. The normalized spacial score (nSPS) is 13.6. The Balaban J connectivity index is 2.06. The molecule has 3 rings (SSSR count). The molecule has 1 aliphatic heterocycles. The number of nitrogens with zero attached hydrogens (tertiary/aromatic N) is 3.